The van der Waals surface area contributed by atoms with Crippen LogP contribution in [0.2, 0.25) is 0 Å². The molecule has 16 heavy (non-hydrogen) atoms. The summed E-state index contributed by atoms with van der Waals surface area (Å²) in [6, 6.07) is 3.65. The van der Waals surface area contributed by atoms with Gasteiger partial charge in [-0.25, -0.2) is 4.79 Å². The highest BCUT2D eigenvalue weighted by Crippen LogP contribution is 2.30. The van der Waals surface area contributed by atoms with Gasteiger partial charge in [0.15, 0.2) is 0 Å². The molecular formula is C10H6F3NO2. The van der Waals surface area contributed by atoms with Crippen molar-refractivity contribution in [1.29, 1.82) is 0 Å². The summed E-state index contributed by atoms with van der Waals surface area (Å²) in [4.78, 5) is 14.0. The van der Waals surface area contributed by atoms with E-state index in [9.17, 15) is 18.0 Å². The molecule has 0 bridgehead atoms. The molecule has 0 amide bonds. The van der Waals surface area contributed by atoms with E-state index < -0.39 is 17.9 Å². The van der Waals surface area contributed by atoms with E-state index in [0.717, 1.165) is 6.07 Å². The quantitative estimate of drug-likeness (QED) is 0.802. The normalized spacial score (nSPS) is 14.6. The van der Waals surface area contributed by atoms with Crippen LogP contribution in [-0.2, 0) is 6.54 Å². The molecule has 0 aromatic heterocycles. The third-order valence-electron chi connectivity index (χ3n) is 2.29. The molecule has 1 aromatic rings. The van der Waals surface area contributed by atoms with Crippen LogP contribution >= 0.6 is 0 Å². The second-order valence-electron chi connectivity index (χ2n) is 3.34. The maximum atomic E-state index is 12.5. The molecule has 1 aromatic carbocycles. The highest BCUT2D eigenvalue weighted by atomic mass is 19.4. The van der Waals surface area contributed by atoms with Gasteiger partial charge in [0.1, 0.15) is 5.71 Å². The molecule has 1 aliphatic rings. The Morgan fingerprint density at radius 1 is 1.38 bits per heavy atom. The summed E-state index contributed by atoms with van der Waals surface area (Å²) >= 11 is 0. The van der Waals surface area contributed by atoms with Gasteiger partial charge in [0, 0.05) is 5.56 Å². The average Bonchev–Trinajstić information content (AvgIpc) is 2.58. The van der Waals surface area contributed by atoms with Crippen molar-refractivity contribution in [2.75, 3.05) is 0 Å². The van der Waals surface area contributed by atoms with Crippen LogP contribution in [0.15, 0.2) is 23.2 Å². The largest absolute Gasteiger partial charge is 0.478 e. The van der Waals surface area contributed by atoms with Crippen LogP contribution in [0, 0.1) is 0 Å². The molecule has 1 aliphatic heterocycles. The predicted molar refractivity (Wildman–Crippen MR) is 49.7 cm³/mol. The molecule has 3 nitrogen and oxygen atoms in total. The van der Waals surface area contributed by atoms with Gasteiger partial charge in [-0.3, -0.25) is 4.99 Å². The fourth-order valence-electron chi connectivity index (χ4n) is 1.56. The Morgan fingerprint density at radius 3 is 2.62 bits per heavy atom. The van der Waals surface area contributed by atoms with Crippen molar-refractivity contribution in [3.05, 3.63) is 34.9 Å². The number of carboxylic acid groups (broad SMARTS) is 1. The Labute approximate surface area is 88.2 Å². The zero-order valence-electron chi connectivity index (χ0n) is 7.88. The van der Waals surface area contributed by atoms with Crippen molar-refractivity contribution in [2.24, 2.45) is 4.99 Å². The molecule has 0 unspecified atom stereocenters. The predicted octanol–water partition coefficient (Wildman–Crippen LogP) is 2.25. The van der Waals surface area contributed by atoms with E-state index in [2.05, 4.69) is 4.99 Å². The van der Waals surface area contributed by atoms with Gasteiger partial charge in [0.05, 0.1) is 12.1 Å². The van der Waals surface area contributed by atoms with E-state index in [1.54, 1.807) is 0 Å². The summed E-state index contributed by atoms with van der Waals surface area (Å²) in [5.41, 5.74) is -0.895. The summed E-state index contributed by atoms with van der Waals surface area (Å²) in [5.74, 6) is -1.25. The Morgan fingerprint density at radius 2 is 2.06 bits per heavy atom. The molecule has 1 N–H and O–H groups in total. The molecule has 0 aliphatic carbocycles. The number of carboxylic acids is 1. The number of carbonyl (C=O) groups is 1. The minimum Gasteiger partial charge on any atom is -0.478 e. The Hall–Kier alpha value is -1.85. The molecule has 6 heteroatoms. The Bertz CT molecular complexity index is 491. The standard InChI is InChI=1S/C10H6F3NO2/c11-10(12,13)8-7-3-5(9(15)16)1-2-6(7)4-14-8/h1-3H,4H2,(H,15,16). The van der Waals surface area contributed by atoms with Crippen LogP contribution in [0.4, 0.5) is 13.2 Å². The van der Waals surface area contributed by atoms with Gasteiger partial charge < -0.3 is 5.11 Å². The molecule has 1 heterocycles. The lowest BCUT2D eigenvalue weighted by molar-refractivity contribution is -0.0579. The first-order chi connectivity index (χ1) is 7.39. The molecule has 0 atom stereocenters. The summed E-state index contributed by atoms with van der Waals surface area (Å²) in [6.07, 6.45) is -4.54. The van der Waals surface area contributed by atoms with Crippen molar-refractivity contribution in [1.82, 2.24) is 0 Å². The van der Waals surface area contributed by atoms with Crippen LogP contribution < -0.4 is 0 Å². The van der Waals surface area contributed by atoms with Crippen LogP contribution in [0.1, 0.15) is 21.5 Å². The lowest BCUT2D eigenvalue weighted by atomic mass is 10.0. The van der Waals surface area contributed by atoms with E-state index in [0.29, 0.717) is 5.56 Å². The molecule has 84 valence electrons. The number of hydrogen-bond donors (Lipinski definition) is 1. The number of aromatic carboxylic acids is 1. The smallest absolute Gasteiger partial charge is 0.433 e. The number of alkyl halides is 3. The van der Waals surface area contributed by atoms with Gasteiger partial charge in [-0.05, 0) is 17.7 Å². The average molecular weight is 229 g/mol. The van der Waals surface area contributed by atoms with Gasteiger partial charge in [0.25, 0.3) is 0 Å². The lowest BCUT2D eigenvalue weighted by Gasteiger charge is -2.08. The zero-order valence-corrected chi connectivity index (χ0v) is 7.88. The number of hydrogen-bond acceptors (Lipinski definition) is 2. The number of aliphatic imine (C=N–C) groups is 1. The fraction of sp³-hybridized carbons (Fsp3) is 0.200. The third-order valence-corrected chi connectivity index (χ3v) is 2.29. The van der Waals surface area contributed by atoms with Crippen molar-refractivity contribution < 1.29 is 23.1 Å². The Kier molecular flexibility index (Phi) is 2.22. The fourth-order valence-corrected chi connectivity index (χ4v) is 1.56. The molecule has 2 rings (SSSR count). The molecule has 0 fully saturated rings. The van der Waals surface area contributed by atoms with Crippen molar-refractivity contribution in [2.45, 2.75) is 12.7 Å². The number of benzene rings is 1. The summed E-state index contributed by atoms with van der Waals surface area (Å²) < 4.78 is 37.5. The molecular weight excluding hydrogens is 223 g/mol. The molecule has 0 saturated heterocycles. The van der Waals surface area contributed by atoms with Crippen LogP contribution in [0.3, 0.4) is 0 Å². The highest BCUT2D eigenvalue weighted by molar-refractivity contribution is 6.08. The SMILES string of the molecule is O=C(O)c1ccc2c(c1)C(C(F)(F)F)=NC2. The first-order valence-electron chi connectivity index (χ1n) is 4.38. The zero-order chi connectivity index (χ0) is 11.9. The van der Waals surface area contributed by atoms with Crippen LogP contribution in [0.25, 0.3) is 0 Å². The molecule has 0 saturated carbocycles. The minimum absolute atomic E-state index is 0.0515. The van der Waals surface area contributed by atoms with Crippen LogP contribution in [-0.4, -0.2) is 23.0 Å². The molecule has 0 spiro atoms. The van der Waals surface area contributed by atoms with Crippen LogP contribution in [0.5, 0.6) is 0 Å². The first-order valence-corrected chi connectivity index (χ1v) is 4.38. The minimum atomic E-state index is -4.54. The van der Waals surface area contributed by atoms with Crippen molar-refractivity contribution >= 4 is 11.7 Å². The van der Waals surface area contributed by atoms with Gasteiger partial charge >= 0.3 is 12.1 Å². The Balaban J connectivity index is 2.51. The summed E-state index contributed by atoms with van der Waals surface area (Å²) in [7, 11) is 0. The lowest BCUT2D eigenvalue weighted by Crippen LogP contribution is -2.22. The number of nitrogens with zero attached hydrogens (tertiary/aromatic N) is 1. The summed E-state index contributed by atoms with van der Waals surface area (Å²) in [6.45, 7) is -0.0515. The second-order valence-corrected chi connectivity index (χ2v) is 3.34. The van der Waals surface area contributed by atoms with E-state index >= 15 is 0 Å². The second kappa shape index (κ2) is 3.33. The monoisotopic (exact) mass is 229 g/mol. The number of halogens is 3. The van der Waals surface area contributed by atoms with Gasteiger partial charge in [0.2, 0.25) is 0 Å². The topological polar surface area (TPSA) is 49.7 Å². The maximum Gasteiger partial charge on any atom is 0.433 e. The van der Waals surface area contributed by atoms with E-state index in [-0.39, 0.29) is 17.7 Å². The first kappa shape index (κ1) is 10.7. The van der Waals surface area contributed by atoms with Crippen molar-refractivity contribution in [3.63, 3.8) is 0 Å². The van der Waals surface area contributed by atoms with E-state index in [1.165, 1.54) is 12.1 Å². The molecule has 0 radical (unpaired) electrons. The number of rotatable bonds is 1. The van der Waals surface area contributed by atoms with E-state index in [1.807, 2.05) is 0 Å². The van der Waals surface area contributed by atoms with E-state index in [4.69, 9.17) is 5.11 Å². The van der Waals surface area contributed by atoms with Gasteiger partial charge in [-0.2, -0.15) is 13.2 Å². The van der Waals surface area contributed by atoms with Crippen molar-refractivity contribution in [3.8, 4) is 0 Å². The number of fused-ring (bicyclic) bond motifs is 1. The van der Waals surface area contributed by atoms with Gasteiger partial charge in [-0.15, -0.1) is 0 Å². The third kappa shape index (κ3) is 1.66. The maximum absolute atomic E-state index is 12.5. The highest BCUT2D eigenvalue weighted by Gasteiger charge is 2.40. The summed E-state index contributed by atoms with van der Waals surface area (Å²) in [5, 5.41) is 8.68. The van der Waals surface area contributed by atoms with Gasteiger partial charge in [-0.1, -0.05) is 6.07 Å².